The lowest BCUT2D eigenvalue weighted by atomic mass is 9.65. The minimum atomic E-state index is 0.333. The first-order valence-electron chi connectivity index (χ1n) is 8.48. The molecule has 2 aliphatic rings. The van der Waals surface area contributed by atoms with Crippen molar-refractivity contribution in [2.24, 2.45) is 17.3 Å². The van der Waals surface area contributed by atoms with E-state index < -0.39 is 0 Å². The van der Waals surface area contributed by atoms with E-state index in [1.165, 1.54) is 37.7 Å². The van der Waals surface area contributed by atoms with Crippen LogP contribution in [0.1, 0.15) is 46.0 Å². The van der Waals surface area contributed by atoms with Gasteiger partial charge in [0.05, 0.1) is 13.2 Å². The molecule has 0 aromatic rings. The van der Waals surface area contributed by atoms with Gasteiger partial charge in [0.15, 0.2) is 0 Å². The molecule has 128 valence electrons. The quantitative estimate of drug-likeness (QED) is 0.369. The Morgan fingerprint density at radius 2 is 1.86 bits per heavy atom. The first kappa shape index (κ1) is 17.9. The Labute approximate surface area is 135 Å². The van der Waals surface area contributed by atoms with E-state index in [1.54, 1.807) is 19.8 Å². The van der Waals surface area contributed by atoms with Gasteiger partial charge in [-0.2, -0.15) is 0 Å². The summed E-state index contributed by atoms with van der Waals surface area (Å²) in [4.78, 5) is 0. The number of hydrogen-bond acceptors (Lipinski definition) is 4. The van der Waals surface area contributed by atoms with Crippen LogP contribution in [-0.2, 0) is 18.9 Å². The van der Waals surface area contributed by atoms with Crippen LogP contribution in [0.4, 0.5) is 0 Å². The Kier molecular flexibility index (Phi) is 6.87. The topological polar surface area (TPSA) is 36.9 Å². The highest BCUT2D eigenvalue weighted by Gasteiger charge is 2.47. The number of methoxy groups -OCH3 is 2. The van der Waals surface area contributed by atoms with Crippen molar-refractivity contribution in [3.8, 4) is 0 Å². The lowest BCUT2D eigenvalue weighted by Gasteiger charge is -2.40. The Bertz CT molecular complexity index is 379. The van der Waals surface area contributed by atoms with E-state index in [0.717, 1.165) is 13.2 Å². The molecule has 4 heteroatoms. The van der Waals surface area contributed by atoms with E-state index in [0.29, 0.717) is 30.8 Å². The van der Waals surface area contributed by atoms with Crippen LogP contribution >= 0.6 is 0 Å². The normalized spacial score (nSPS) is 29.7. The van der Waals surface area contributed by atoms with Crippen LogP contribution in [0.25, 0.3) is 0 Å². The molecule has 0 bridgehead atoms. The minimum absolute atomic E-state index is 0.333. The second-order valence-corrected chi connectivity index (χ2v) is 7.01. The molecule has 0 unspecified atom stereocenters. The molecule has 0 aliphatic heterocycles. The van der Waals surface area contributed by atoms with E-state index in [1.807, 2.05) is 0 Å². The first-order valence-corrected chi connectivity index (χ1v) is 8.48. The number of allylic oxidation sites excluding steroid dienone is 1. The summed E-state index contributed by atoms with van der Waals surface area (Å²) < 4.78 is 21.2. The average Bonchev–Trinajstić information content (AvgIpc) is 2.85. The van der Waals surface area contributed by atoms with Gasteiger partial charge in [-0.1, -0.05) is 19.4 Å². The smallest absolute Gasteiger partial charge is 0.146 e. The summed E-state index contributed by atoms with van der Waals surface area (Å²) in [6, 6.07) is 0. The van der Waals surface area contributed by atoms with Crippen LogP contribution in [-0.4, -0.2) is 41.0 Å². The fourth-order valence-corrected chi connectivity index (χ4v) is 4.62. The van der Waals surface area contributed by atoms with Gasteiger partial charge in [0.2, 0.25) is 0 Å². The van der Waals surface area contributed by atoms with Crippen molar-refractivity contribution in [3.63, 3.8) is 0 Å². The second kappa shape index (κ2) is 8.44. The summed E-state index contributed by atoms with van der Waals surface area (Å²) in [5.41, 5.74) is 3.52. The van der Waals surface area contributed by atoms with E-state index >= 15 is 0 Å². The van der Waals surface area contributed by atoms with Gasteiger partial charge in [-0.25, -0.2) is 0 Å². The highest BCUT2D eigenvalue weighted by Crippen LogP contribution is 2.57. The Morgan fingerprint density at radius 3 is 2.59 bits per heavy atom. The minimum Gasteiger partial charge on any atom is -0.359 e. The molecule has 3 atom stereocenters. The zero-order valence-corrected chi connectivity index (χ0v) is 14.7. The monoisotopic (exact) mass is 312 g/mol. The molecule has 22 heavy (non-hydrogen) atoms. The van der Waals surface area contributed by atoms with Gasteiger partial charge in [-0.3, -0.25) is 0 Å². The molecule has 1 saturated carbocycles. The van der Waals surface area contributed by atoms with E-state index in [9.17, 15) is 0 Å². The lowest BCUT2D eigenvalue weighted by Crippen LogP contribution is -2.33. The van der Waals surface area contributed by atoms with E-state index in [2.05, 4.69) is 13.8 Å². The predicted octanol–water partition coefficient (Wildman–Crippen LogP) is 3.76. The van der Waals surface area contributed by atoms with Crippen LogP contribution in [0, 0.1) is 17.3 Å². The maximum absolute atomic E-state index is 5.63. The number of rotatable bonds is 9. The van der Waals surface area contributed by atoms with Crippen LogP contribution in [0.15, 0.2) is 11.1 Å². The zero-order chi connectivity index (χ0) is 16.0. The zero-order valence-electron chi connectivity index (χ0n) is 14.7. The Morgan fingerprint density at radius 1 is 1.14 bits per heavy atom. The summed E-state index contributed by atoms with van der Waals surface area (Å²) in [5.74, 6) is 1.27. The van der Waals surface area contributed by atoms with E-state index in [4.69, 9.17) is 18.9 Å². The summed E-state index contributed by atoms with van der Waals surface area (Å²) in [5, 5.41) is 0. The molecule has 0 saturated heterocycles. The van der Waals surface area contributed by atoms with Gasteiger partial charge in [-0.05, 0) is 54.9 Å². The molecule has 4 nitrogen and oxygen atoms in total. The molecular formula is C18H32O4. The highest BCUT2D eigenvalue weighted by atomic mass is 16.7. The van der Waals surface area contributed by atoms with Crippen LogP contribution < -0.4 is 0 Å². The summed E-state index contributed by atoms with van der Waals surface area (Å²) >= 11 is 0. The summed E-state index contributed by atoms with van der Waals surface area (Å²) in [6.07, 6.45) is 6.26. The van der Waals surface area contributed by atoms with Gasteiger partial charge in [0.25, 0.3) is 0 Å². The lowest BCUT2D eigenvalue weighted by molar-refractivity contribution is -0.0536. The first-order chi connectivity index (χ1) is 10.6. The molecule has 0 aromatic carbocycles. The van der Waals surface area contributed by atoms with Gasteiger partial charge in [0.1, 0.15) is 13.6 Å². The molecule has 0 amide bonds. The fourth-order valence-electron chi connectivity index (χ4n) is 4.62. The van der Waals surface area contributed by atoms with Crippen molar-refractivity contribution in [3.05, 3.63) is 11.1 Å². The highest BCUT2D eigenvalue weighted by molar-refractivity contribution is 5.30. The molecule has 0 heterocycles. The molecule has 2 aliphatic carbocycles. The summed E-state index contributed by atoms with van der Waals surface area (Å²) in [7, 11) is 3.35. The molecular weight excluding hydrogens is 280 g/mol. The van der Waals surface area contributed by atoms with Crippen molar-refractivity contribution in [1.82, 2.24) is 0 Å². The molecule has 1 fully saturated rings. The third-order valence-electron chi connectivity index (χ3n) is 5.56. The van der Waals surface area contributed by atoms with Gasteiger partial charge in [-0.15, -0.1) is 0 Å². The number of ether oxygens (including phenoxy) is 4. The van der Waals surface area contributed by atoms with Gasteiger partial charge in [0, 0.05) is 14.2 Å². The van der Waals surface area contributed by atoms with Crippen LogP contribution in [0.2, 0.25) is 0 Å². The van der Waals surface area contributed by atoms with Crippen molar-refractivity contribution in [2.75, 3.05) is 41.0 Å². The van der Waals surface area contributed by atoms with Crippen LogP contribution in [0.5, 0.6) is 0 Å². The largest absolute Gasteiger partial charge is 0.359 e. The van der Waals surface area contributed by atoms with Crippen LogP contribution in [0.3, 0.4) is 0 Å². The molecule has 0 aromatic heterocycles. The number of hydrogen-bond donors (Lipinski definition) is 0. The van der Waals surface area contributed by atoms with E-state index in [-0.39, 0.29) is 0 Å². The maximum Gasteiger partial charge on any atom is 0.146 e. The third-order valence-corrected chi connectivity index (χ3v) is 5.56. The molecule has 0 spiro atoms. The Balaban J connectivity index is 2.03. The second-order valence-electron chi connectivity index (χ2n) is 7.01. The van der Waals surface area contributed by atoms with Gasteiger partial charge < -0.3 is 18.9 Å². The SMILES string of the molecule is COCOCC1=C2CC[C@H]([C@H](C)COCOC)[C@@]2(C)CCC1. The Hall–Kier alpha value is -0.420. The average molecular weight is 312 g/mol. The summed E-state index contributed by atoms with van der Waals surface area (Å²) in [6.45, 7) is 7.09. The molecule has 0 N–H and O–H groups in total. The van der Waals surface area contributed by atoms with Gasteiger partial charge >= 0.3 is 0 Å². The van der Waals surface area contributed by atoms with Crippen molar-refractivity contribution in [2.45, 2.75) is 46.0 Å². The maximum atomic E-state index is 5.63. The molecule has 2 rings (SSSR count). The van der Waals surface area contributed by atoms with Crippen molar-refractivity contribution in [1.29, 1.82) is 0 Å². The van der Waals surface area contributed by atoms with Crippen molar-refractivity contribution < 1.29 is 18.9 Å². The third kappa shape index (κ3) is 3.91. The van der Waals surface area contributed by atoms with Crippen molar-refractivity contribution >= 4 is 0 Å². The number of fused-ring (bicyclic) bond motifs is 1. The predicted molar refractivity (Wildman–Crippen MR) is 86.5 cm³/mol. The standard InChI is InChI=1S/C18H32O4/c1-14(10-21-12-19-3)16-7-8-17-15(11-22-13-20-4)6-5-9-18(16,17)2/h14,16H,5-13H2,1-4H3/t14-,16-,18-/m1/s1. The molecule has 0 radical (unpaired) electrons. The fraction of sp³-hybridized carbons (Fsp3) is 0.889.